The second-order valence-electron chi connectivity index (χ2n) is 11.0. The molecule has 0 spiro atoms. The van der Waals surface area contributed by atoms with Crippen LogP contribution in [0.1, 0.15) is 26.0 Å². The zero-order chi connectivity index (χ0) is 34.5. The number of nitrogen functional groups attached to an aromatic ring is 1. The molecule has 0 radical (unpaired) electrons. The number of hydrogen-bond acceptors (Lipinski definition) is 10. The SMILES string of the molecule is C.C.Cc1ccc(-c2ncnc(Nc3ccc4c(N)n[nH]c4c3)c2O)cc1.[C-]#[N+]c1ccc(Nc2ncnc(-c3ccc(C)cc3)c2O)cc1F. The Kier molecular flexibility index (Phi) is 11.5. The molecule has 258 valence electrons. The molecule has 0 fully saturated rings. The van der Waals surface area contributed by atoms with Gasteiger partial charge in [-0.15, -0.1) is 0 Å². The molecule has 13 heteroatoms. The van der Waals surface area contributed by atoms with Crippen molar-refractivity contribution < 1.29 is 14.6 Å². The summed E-state index contributed by atoms with van der Waals surface area (Å²) >= 11 is 0. The number of nitrogens with one attached hydrogen (secondary N) is 3. The van der Waals surface area contributed by atoms with E-state index >= 15 is 0 Å². The number of aryl methyl sites for hydroxylation is 2. The summed E-state index contributed by atoms with van der Waals surface area (Å²) in [6, 6.07) is 25.0. The van der Waals surface area contributed by atoms with E-state index in [-0.39, 0.29) is 37.9 Å². The number of nitrogens with two attached hydrogens (primary N) is 1. The molecular formula is C38H37FN10O2. The summed E-state index contributed by atoms with van der Waals surface area (Å²) in [4.78, 5) is 19.5. The average molecular weight is 685 g/mol. The summed E-state index contributed by atoms with van der Waals surface area (Å²) in [5.74, 6) is 0.176. The first-order valence-electron chi connectivity index (χ1n) is 14.9. The van der Waals surface area contributed by atoms with Crippen molar-refractivity contribution in [1.82, 2.24) is 30.1 Å². The minimum atomic E-state index is -0.637. The topological polar surface area (TPSA) is 175 Å². The summed E-state index contributed by atoms with van der Waals surface area (Å²) in [5, 5.41) is 34.6. The molecule has 12 nitrogen and oxygen atoms in total. The van der Waals surface area contributed by atoms with Gasteiger partial charge >= 0.3 is 0 Å². The summed E-state index contributed by atoms with van der Waals surface area (Å²) in [6.45, 7) is 10.8. The summed E-state index contributed by atoms with van der Waals surface area (Å²) in [6.07, 6.45) is 2.74. The number of fused-ring (bicyclic) bond motifs is 1. The number of benzene rings is 4. The molecule has 0 amide bonds. The van der Waals surface area contributed by atoms with Gasteiger partial charge in [0.05, 0.1) is 12.1 Å². The van der Waals surface area contributed by atoms with Crippen molar-refractivity contribution in [3.8, 4) is 34.0 Å². The van der Waals surface area contributed by atoms with Gasteiger partial charge in [0.2, 0.25) is 5.69 Å². The summed E-state index contributed by atoms with van der Waals surface area (Å²) in [5.41, 5.74) is 12.3. The zero-order valence-corrected chi connectivity index (χ0v) is 26.3. The molecule has 0 aliphatic rings. The number of anilines is 5. The van der Waals surface area contributed by atoms with E-state index in [1.165, 1.54) is 24.8 Å². The number of aromatic nitrogens is 6. The van der Waals surface area contributed by atoms with Gasteiger partial charge in [0.1, 0.15) is 29.9 Å². The molecule has 0 aliphatic heterocycles. The van der Waals surface area contributed by atoms with Crippen LogP contribution in [0.25, 0.3) is 38.3 Å². The molecule has 51 heavy (non-hydrogen) atoms. The van der Waals surface area contributed by atoms with Gasteiger partial charge in [-0.25, -0.2) is 29.2 Å². The van der Waals surface area contributed by atoms with Gasteiger partial charge in [-0.3, -0.25) is 5.10 Å². The van der Waals surface area contributed by atoms with Gasteiger partial charge in [-0.1, -0.05) is 80.6 Å². The maximum Gasteiger partial charge on any atom is 0.222 e. The lowest BCUT2D eigenvalue weighted by Crippen LogP contribution is -1.97. The Labute approximate surface area is 294 Å². The molecule has 0 unspecified atom stereocenters. The van der Waals surface area contributed by atoms with Crippen molar-refractivity contribution in [1.29, 1.82) is 0 Å². The highest BCUT2D eigenvalue weighted by Crippen LogP contribution is 2.35. The molecule has 0 saturated heterocycles. The van der Waals surface area contributed by atoms with E-state index in [1.54, 1.807) is 6.07 Å². The van der Waals surface area contributed by atoms with Gasteiger partial charge in [-0.2, -0.15) is 5.10 Å². The fourth-order valence-electron chi connectivity index (χ4n) is 4.85. The van der Waals surface area contributed by atoms with Crippen LogP contribution in [0, 0.1) is 26.2 Å². The molecule has 0 atom stereocenters. The molecule has 0 aliphatic carbocycles. The van der Waals surface area contributed by atoms with Crippen molar-refractivity contribution in [2.24, 2.45) is 0 Å². The third-order valence-corrected chi connectivity index (χ3v) is 7.48. The zero-order valence-electron chi connectivity index (χ0n) is 26.3. The van der Waals surface area contributed by atoms with Crippen LogP contribution in [0.2, 0.25) is 0 Å². The molecule has 3 heterocycles. The van der Waals surface area contributed by atoms with Gasteiger partial charge in [0.25, 0.3) is 0 Å². The van der Waals surface area contributed by atoms with E-state index in [0.29, 0.717) is 28.7 Å². The van der Waals surface area contributed by atoms with Gasteiger partial charge in [0.15, 0.2) is 29.0 Å². The molecule has 0 bridgehead atoms. The minimum absolute atomic E-state index is 0. The second-order valence-corrected chi connectivity index (χ2v) is 11.0. The molecule has 4 aromatic carbocycles. The number of aromatic hydroxyl groups is 2. The maximum atomic E-state index is 13.7. The molecule has 7 aromatic rings. The quantitative estimate of drug-likeness (QED) is 0.0926. The highest BCUT2D eigenvalue weighted by atomic mass is 19.1. The highest BCUT2D eigenvalue weighted by molar-refractivity contribution is 5.91. The number of H-pyrrole nitrogens is 1. The normalized spacial score (nSPS) is 10.2. The van der Waals surface area contributed by atoms with Crippen LogP contribution in [0.3, 0.4) is 0 Å². The number of nitrogens with zero attached hydrogens (tertiary/aromatic N) is 6. The fraction of sp³-hybridized carbons (Fsp3) is 0.105. The molecule has 7 N–H and O–H groups in total. The van der Waals surface area contributed by atoms with Crippen LogP contribution in [0.15, 0.2) is 97.6 Å². The number of rotatable bonds is 6. The van der Waals surface area contributed by atoms with Gasteiger partial charge in [0, 0.05) is 27.9 Å². The van der Waals surface area contributed by atoms with Crippen molar-refractivity contribution in [3.05, 3.63) is 126 Å². The Bertz CT molecular complexity index is 2320. The first-order valence-corrected chi connectivity index (χ1v) is 14.9. The van der Waals surface area contributed by atoms with Crippen LogP contribution in [-0.2, 0) is 0 Å². The first-order chi connectivity index (χ1) is 23.7. The van der Waals surface area contributed by atoms with Gasteiger partial charge < -0.3 is 26.6 Å². The van der Waals surface area contributed by atoms with E-state index in [9.17, 15) is 14.6 Å². The van der Waals surface area contributed by atoms with Crippen LogP contribution in [0.4, 0.5) is 38.9 Å². The van der Waals surface area contributed by atoms with E-state index in [4.69, 9.17) is 12.3 Å². The number of halogens is 1. The van der Waals surface area contributed by atoms with Crippen LogP contribution in [-0.4, -0.2) is 40.3 Å². The van der Waals surface area contributed by atoms with Crippen molar-refractivity contribution in [2.75, 3.05) is 16.4 Å². The van der Waals surface area contributed by atoms with Gasteiger partial charge in [-0.05, 0) is 44.2 Å². The average Bonchev–Trinajstić information content (AvgIpc) is 3.47. The Morgan fingerprint density at radius 1 is 0.706 bits per heavy atom. The number of aromatic amines is 1. The Balaban J connectivity index is 0.000000220. The predicted octanol–water partition coefficient (Wildman–Crippen LogP) is 9.22. The van der Waals surface area contributed by atoms with Crippen molar-refractivity contribution in [2.45, 2.75) is 28.7 Å². The largest absolute Gasteiger partial charge is 0.503 e. The fourth-order valence-corrected chi connectivity index (χ4v) is 4.85. The Morgan fingerprint density at radius 3 is 1.69 bits per heavy atom. The predicted molar refractivity (Wildman–Crippen MR) is 201 cm³/mol. The first kappa shape index (κ1) is 36.8. The lowest BCUT2D eigenvalue weighted by atomic mass is 10.1. The van der Waals surface area contributed by atoms with E-state index in [1.807, 2.05) is 80.6 Å². The lowest BCUT2D eigenvalue weighted by Gasteiger charge is -2.11. The minimum Gasteiger partial charge on any atom is -0.503 e. The summed E-state index contributed by atoms with van der Waals surface area (Å²) in [7, 11) is 0. The molecule has 3 aromatic heterocycles. The highest BCUT2D eigenvalue weighted by Gasteiger charge is 2.14. The van der Waals surface area contributed by atoms with Crippen LogP contribution in [0.5, 0.6) is 11.5 Å². The summed E-state index contributed by atoms with van der Waals surface area (Å²) < 4.78 is 13.7. The Morgan fingerprint density at radius 2 is 1.20 bits per heavy atom. The van der Waals surface area contributed by atoms with Crippen LogP contribution < -0.4 is 16.4 Å². The maximum absolute atomic E-state index is 13.7. The molecular weight excluding hydrogens is 647 g/mol. The lowest BCUT2D eigenvalue weighted by molar-refractivity contribution is 0.474. The van der Waals surface area contributed by atoms with E-state index in [2.05, 4.69) is 45.6 Å². The van der Waals surface area contributed by atoms with E-state index < -0.39 is 5.82 Å². The monoisotopic (exact) mass is 684 g/mol. The third kappa shape index (κ3) is 8.15. The standard InChI is InChI=1S/C18H13FN4O.C18H16N6O.2CH4/c1-11-3-5-12(6-4-11)16-17(24)18(22-10-21-16)23-13-7-8-15(20-2)14(19)9-13;1-10-2-4-11(5-3-10)15-16(25)18(21-9-20-15)22-12-6-7-13-14(8-12)23-24-17(13)19;;/h3-10,24H,1H3,(H,21,22,23);2-9,25H,1H3,(H3,19,23,24)(H,20,21,22);2*1H4. The molecule has 7 rings (SSSR count). The van der Waals surface area contributed by atoms with Crippen LogP contribution >= 0.6 is 0 Å². The third-order valence-electron chi connectivity index (χ3n) is 7.48. The molecule has 0 saturated carbocycles. The smallest absolute Gasteiger partial charge is 0.222 e. The van der Waals surface area contributed by atoms with Crippen molar-refractivity contribution in [3.63, 3.8) is 0 Å². The van der Waals surface area contributed by atoms with Crippen molar-refractivity contribution >= 4 is 45.4 Å². The van der Waals surface area contributed by atoms with E-state index in [0.717, 1.165) is 38.8 Å². The number of hydrogen-bond donors (Lipinski definition) is 6. The second kappa shape index (κ2) is 15.9. The Hall–Kier alpha value is -7.07.